The van der Waals surface area contributed by atoms with Gasteiger partial charge in [-0.1, -0.05) is 13.8 Å². The van der Waals surface area contributed by atoms with Gasteiger partial charge in [-0.25, -0.2) is 9.97 Å². The Labute approximate surface area is 134 Å². The fraction of sp³-hybridized carbons (Fsp3) is 0.765. The zero-order valence-electron chi connectivity index (χ0n) is 14.7. The van der Waals surface area contributed by atoms with Crippen LogP contribution in [-0.2, 0) is 0 Å². The molecule has 2 heterocycles. The average molecular weight is 306 g/mol. The SMILES string of the molecule is CC(C)COc1cc(NC2CC(C)(C)NC(C)(C)C2)ncn1. The Kier molecular flexibility index (Phi) is 4.95. The summed E-state index contributed by atoms with van der Waals surface area (Å²) in [5.41, 5.74) is 0.229. The highest BCUT2D eigenvalue weighted by Crippen LogP contribution is 2.30. The molecule has 1 aliphatic rings. The smallest absolute Gasteiger partial charge is 0.218 e. The topological polar surface area (TPSA) is 59.1 Å². The van der Waals surface area contributed by atoms with Gasteiger partial charge in [-0.3, -0.25) is 0 Å². The molecule has 0 unspecified atom stereocenters. The minimum absolute atomic E-state index is 0.115. The van der Waals surface area contributed by atoms with E-state index in [-0.39, 0.29) is 11.1 Å². The fourth-order valence-electron chi connectivity index (χ4n) is 3.38. The maximum absolute atomic E-state index is 5.68. The molecule has 1 fully saturated rings. The van der Waals surface area contributed by atoms with Crippen molar-refractivity contribution in [2.45, 2.75) is 71.5 Å². The van der Waals surface area contributed by atoms with Crippen LogP contribution in [0.15, 0.2) is 12.4 Å². The first-order valence-electron chi connectivity index (χ1n) is 8.16. The number of aromatic nitrogens is 2. The standard InChI is InChI=1S/C17H30N4O/c1-12(2)10-22-15-7-14(18-11-19-15)20-13-8-16(3,4)21-17(5,6)9-13/h7,11-13,21H,8-10H2,1-6H3,(H,18,19,20). The molecule has 1 saturated heterocycles. The molecule has 2 N–H and O–H groups in total. The fourth-order valence-corrected chi connectivity index (χ4v) is 3.38. The summed E-state index contributed by atoms with van der Waals surface area (Å²) in [6.07, 6.45) is 3.68. The van der Waals surface area contributed by atoms with Crippen molar-refractivity contribution in [2.24, 2.45) is 5.92 Å². The summed E-state index contributed by atoms with van der Waals surface area (Å²) < 4.78 is 5.68. The molecule has 0 aliphatic carbocycles. The van der Waals surface area contributed by atoms with Crippen molar-refractivity contribution in [3.8, 4) is 5.88 Å². The number of hydrogen-bond acceptors (Lipinski definition) is 5. The second-order valence-corrected chi connectivity index (χ2v) is 8.09. The third-order valence-electron chi connectivity index (χ3n) is 3.75. The third kappa shape index (κ3) is 5.13. The molecule has 0 atom stereocenters. The molecule has 0 saturated carbocycles. The van der Waals surface area contributed by atoms with Gasteiger partial charge in [-0.2, -0.15) is 0 Å². The van der Waals surface area contributed by atoms with E-state index in [4.69, 9.17) is 4.74 Å². The lowest BCUT2D eigenvalue weighted by atomic mass is 9.79. The van der Waals surface area contributed by atoms with Crippen molar-refractivity contribution in [3.63, 3.8) is 0 Å². The molecule has 5 nitrogen and oxygen atoms in total. The predicted molar refractivity (Wildman–Crippen MR) is 90.3 cm³/mol. The highest BCUT2D eigenvalue weighted by molar-refractivity contribution is 5.38. The van der Waals surface area contributed by atoms with Crippen LogP contribution in [0.2, 0.25) is 0 Å². The maximum atomic E-state index is 5.68. The molecule has 1 aromatic heterocycles. The molecular formula is C17H30N4O. The number of nitrogens with one attached hydrogen (secondary N) is 2. The van der Waals surface area contributed by atoms with E-state index in [1.54, 1.807) is 6.33 Å². The number of piperidine rings is 1. The summed E-state index contributed by atoms with van der Waals surface area (Å²) in [5.74, 6) is 1.96. The molecule has 1 aliphatic heterocycles. The summed E-state index contributed by atoms with van der Waals surface area (Å²) in [6, 6.07) is 2.28. The summed E-state index contributed by atoms with van der Waals surface area (Å²) in [5, 5.41) is 7.24. The van der Waals surface area contributed by atoms with Crippen molar-refractivity contribution in [1.82, 2.24) is 15.3 Å². The van der Waals surface area contributed by atoms with Crippen molar-refractivity contribution in [1.29, 1.82) is 0 Å². The van der Waals surface area contributed by atoms with Crippen LogP contribution in [0.25, 0.3) is 0 Å². The quantitative estimate of drug-likeness (QED) is 0.874. The Balaban J connectivity index is 2.02. The summed E-state index contributed by atoms with van der Waals surface area (Å²) in [4.78, 5) is 8.51. The van der Waals surface area contributed by atoms with Gasteiger partial charge in [0.1, 0.15) is 12.1 Å². The van der Waals surface area contributed by atoms with Crippen molar-refractivity contribution in [2.75, 3.05) is 11.9 Å². The normalized spacial score (nSPS) is 20.9. The van der Waals surface area contributed by atoms with E-state index in [0.29, 0.717) is 24.4 Å². The van der Waals surface area contributed by atoms with Gasteiger partial charge in [0.15, 0.2) is 0 Å². The summed E-state index contributed by atoms with van der Waals surface area (Å²) in [6.45, 7) is 13.9. The number of anilines is 1. The van der Waals surface area contributed by atoms with Gasteiger partial charge in [0.05, 0.1) is 6.61 Å². The van der Waals surface area contributed by atoms with E-state index >= 15 is 0 Å². The Hall–Kier alpha value is -1.36. The lowest BCUT2D eigenvalue weighted by Gasteiger charge is -2.46. The molecule has 124 valence electrons. The van der Waals surface area contributed by atoms with Crippen molar-refractivity contribution >= 4 is 5.82 Å². The van der Waals surface area contributed by atoms with Crippen LogP contribution in [0.3, 0.4) is 0 Å². The van der Waals surface area contributed by atoms with E-state index in [9.17, 15) is 0 Å². The van der Waals surface area contributed by atoms with Gasteiger partial charge in [-0.05, 0) is 46.5 Å². The van der Waals surface area contributed by atoms with E-state index in [1.165, 1.54) is 0 Å². The first-order valence-corrected chi connectivity index (χ1v) is 8.16. The van der Waals surface area contributed by atoms with Gasteiger partial charge in [0.25, 0.3) is 0 Å². The molecule has 22 heavy (non-hydrogen) atoms. The first kappa shape index (κ1) is 17.0. The average Bonchev–Trinajstić information content (AvgIpc) is 2.32. The largest absolute Gasteiger partial charge is 0.477 e. The number of hydrogen-bond donors (Lipinski definition) is 2. The Morgan fingerprint density at radius 3 is 2.45 bits per heavy atom. The van der Waals surface area contributed by atoms with Gasteiger partial charge < -0.3 is 15.4 Å². The number of ether oxygens (including phenoxy) is 1. The van der Waals surface area contributed by atoms with Crippen LogP contribution in [0.1, 0.15) is 54.4 Å². The van der Waals surface area contributed by atoms with Crippen molar-refractivity contribution in [3.05, 3.63) is 12.4 Å². The zero-order valence-corrected chi connectivity index (χ0v) is 14.7. The second kappa shape index (κ2) is 6.41. The van der Waals surface area contributed by atoms with Gasteiger partial charge in [0, 0.05) is 23.2 Å². The highest BCUT2D eigenvalue weighted by atomic mass is 16.5. The van der Waals surface area contributed by atoms with Crippen molar-refractivity contribution < 1.29 is 4.74 Å². The Morgan fingerprint density at radius 1 is 1.23 bits per heavy atom. The van der Waals surface area contributed by atoms with E-state index in [2.05, 4.69) is 62.1 Å². The van der Waals surface area contributed by atoms with E-state index in [0.717, 1.165) is 18.7 Å². The first-order chi connectivity index (χ1) is 10.2. The maximum Gasteiger partial charge on any atom is 0.218 e. The van der Waals surface area contributed by atoms with Crippen LogP contribution in [0.5, 0.6) is 5.88 Å². The zero-order chi connectivity index (χ0) is 16.4. The third-order valence-corrected chi connectivity index (χ3v) is 3.75. The molecule has 2 rings (SSSR count). The monoisotopic (exact) mass is 306 g/mol. The molecule has 1 aromatic rings. The van der Waals surface area contributed by atoms with Crippen LogP contribution in [-0.4, -0.2) is 33.7 Å². The number of rotatable bonds is 5. The molecule has 0 radical (unpaired) electrons. The molecule has 0 amide bonds. The highest BCUT2D eigenvalue weighted by Gasteiger charge is 2.37. The molecule has 0 bridgehead atoms. The van der Waals surface area contributed by atoms with Crippen LogP contribution in [0.4, 0.5) is 5.82 Å². The molecule has 0 aromatic carbocycles. The summed E-state index contributed by atoms with van der Waals surface area (Å²) >= 11 is 0. The van der Waals surface area contributed by atoms with Crippen LogP contribution >= 0.6 is 0 Å². The second-order valence-electron chi connectivity index (χ2n) is 8.09. The van der Waals surface area contributed by atoms with Gasteiger partial charge in [0.2, 0.25) is 5.88 Å². The number of nitrogens with zero attached hydrogens (tertiary/aromatic N) is 2. The Bertz CT molecular complexity index is 483. The van der Waals surface area contributed by atoms with E-state index in [1.807, 2.05) is 6.07 Å². The minimum Gasteiger partial charge on any atom is -0.477 e. The van der Waals surface area contributed by atoms with Gasteiger partial charge >= 0.3 is 0 Å². The van der Waals surface area contributed by atoms with Crippen LogP contribution in [0, 0.1) is 5.92 Å². The molecule has 0 spiro atoms. The predicted octanol–water partition coefficient (Wildman–Crippen LogP) is 3.23. The lowest BCUT2D eigenvalue weighted by molar-refractivity contribution is 0.170. The summed E-state index contributed by atoms with van der Waals surface area (Å²) in [7, 11) is 0. The Morgan fingerprint density at radius 2 is 1.86 bits per heavy atom. The minimum atomic E-state index is 0.115. The van der Waals surface area contributed by atoms with Crippen LogP contribution < -0.4 is 15.4 Å². The van der Waals surface area contributed by atoms with Gasteiger partial charge in [-0.15, -0.1) is 0 Å². The lowest BCUT2D eigenvalue weighted by Crippen LogP contribution is -2.60. The molecular weight excluding hydrogens is 276 g/mol. The van der Waals surface area contributed by atoms with E-state index < -0.39 is 0 Å². The molecule has 5 heteroatoms.